The monoisotopic (exact) mass is 337 g/mol. The van der Waals surface area contributed by atoms with E-state index < -0.39 is 0 Å². The minimum Gasteiger partial charge on any atom is -0.488 e. The molecule has 4 heteroatoms. The maximum atomic E-state index is 5.94. The highest BCUT2D eigenvalue weighted by Crippen LogP contribution is 2.26. The predicted octanol–water partition coefficient (Wildman–Crippen LogP) is 4.34. The molecule has 1 fully saturated rings. The zero-order valence-electron chi connectivity index (χ0n) is 10.6. The Bertz CT molecular complexity index is 551. The average molecular weight is 338 g/mol. The first-order chi connectivity index (χ1) is 9.31. The first-order valence-corrected chi connectivity index (χ1v) is 8.10. The van der Waals surface area contributed by atoms with E-state index in [0.717, 1.165) is 22.1 Å². The Morgan fingerprint density at radius 2 is 2.05 bits per heavy atom. The van der Waals surface area contributed by atoms with Crippen molar-refractivity contribution in [2.75, 3.05) is 0 Å². The van der Waals surface area contributed by atoms with Crippen LogP contribution in [0.4, 0.5) is 0 Å². The molecule has 3 rings (SSSR count). The highest BCUT2D eigenvalue weighted by atomic mass is 79.9. The standard InChI is InChI=1S/C15H16BrNOS/c16-15-8-7-13(19-15)10-18-14-4-2-1-3-11(14)9-17-12-5-6-12/h1-4,7-8,12,17H,5-6,9-10H2. The summed E-state index contributed by atoms with van der Waals surface area (Å²) < 4.78 is 7.09. The van der Waals surface area contributed by atoms with Gasteiger partial charge in [0.05, 0.1) is 3.79 Å². The van der Waals surface area contributed by atoms with E-state index in [1.165, 1.54) is 23.3 Å². The average Bonchev–Trinajstić information content (AvgIpc) is 3.17. The third kappa shape index (κ3) is 3.81. The molecule has 1 aliphatic rings. The molecule has 1 aromatic carbocycles. The Morgan fingerprint density at radius 3 is 2.79 bits per heavy atom. The summed E-state index contributed by atoms with van der Waals surface area (Å²) in [5.41, 5.74) is 1.24. The molecule has 1 N–H and O–H groups in total. The molecular formula is C15H16BrNOS. The Morgan fingerprint density at radius 1 is 1.21 bits per heavy atom. The van der Waals surface area contributed by atoms with Gasteiger partial charge in [0.1, 0.15) is 12.4 Å². The summed E-state index contributed by atoms with van der Waals surface area (Å²) in [6, 6.07) is 13.2. The number of thiophene rings is 1. The van der Waals surface area contributed by atoms with Gasteiger partial charge in [-0.2, -0.15) is 0 Å². The van der Waals surface area contributed by atoms with Crippen LogP contribution < -0.4 is 10.1 Å². The minimum atomic E-state index is 0.636. The van der Waals surface area contributed by atoms with Crippen LogP contribution in [-0.4, -0.2) is 6.04 Å². The lowest BCUT2D eigenvalue weighted by atomic mass is 10.2. The Kier molecular flexibility index (Phi) is 4.21. The zero-order chi connectivity index (χ0) is 13.1. The van der Waals surface area contributed by atoms with Gasteiger partial charge in [-0.3, -0.25) is 0 Å². The summed E-state index contributed by atoms with van der Waals surface area (Å²) in [5, 5.41) is 3.53. The summed E-state index contributed by atoms with van der Waals surface area (Å²) in [4.78, 5) is 1.23. The van der Waals surface area contributed by atoms with E-state index in [1.807, 2.05) is 12.1 Å². The summed E-state index contributed by atoms with van der Waals surface area (Å²) in [6.45, 7) is 1.53. The molecule has 0 atom stereocenters. The Hall–Kier alpha value is -0.840. The van der Waals surface area contributed by atoms with E-state index in [1.54, 1.807) is 11.3 Å². The van der Waals surface area contributed by atoms with Crippen LogP contribution in [0, 0.1) is 0 Å². The van der Waals surface area contributed by atoms with Crippen molar-refractivity contribution in [2.45, 2.75) is 32.0 Å². The second-order valence-corrected chi connectivity index (χ2v) is 7.30. The minimum absolute atomic E-state index is 0.636. The summed E-state index contributed by atoms with van der Waals surface area (Å²) >= 11 is 5.19. The van der Waals surface area contributed by atoms with Gasteiger partial charge >= 0.3 is 0 Å². The van der Waals surface area contributed by atoms with Crippen LogP contribution in [0.15, 0.2) is 40.2 Å². The molecule has 1 aliphatic carbocycles. The highest BCUT2D eigenvalue weighted by Gasteiger charge is 2.20. The zero-order valence-corrected chi connectivity index (χ0v) is 13.0. The molecule has 0 aliphatic heterocycles. The van der Waals surface area contributed by atoms with E-state index in [0.29, 0.717) is 6.61 Å². The molecule has 0 bridgehead atoms. The topological polar surface area (TPSA) is 21.3 Å². The molecule has 0 saturated heterocycles. The highest BCUT2D eigenvalue weighted by molar-refractivity contribution is 9.11. The SMILES string of the molecule is Brc1ccc(COc2ccccc2CNC2CC2)s1. The molecule has 0 unspecified atom stereocenters. The molecule has 2 nitrogen and oxygen atoms in total. The smallest absolute Gasteiger partial charge is 0.124 e. The number of hydrogen-bond acceptors (Lipinski definition) is 3. The van der Waals surface area contributed by atoms with Gasteiger partial charge in [0.15, 0.2) is 0 Å². The van der Waals surface area contributed by atoms with Crippen LogP contribution >= 0.6 is 27.3 Å². The number of nitrogens with one attached hydrogen (secondary N) is 1. The number of ether oxygens (including phenoxy) is 1. The molecule has 1 aromatic heterocycles. The first kappa shape index (κ1) is 13.2. The molecule has 0 amide bonds. The fourth-order valence-corrected chi connectivity index (χ4v) is 3.31. The number of halogens is 1. The van der Waals surface area contributed by atoms with Crippen molar-refractivity contribution in [3.8, 4) is 5.75 Å². The van der Waals surface area contributed by atoms with Crippen LogP contribution in [0.5, 0.6) is 5.75 Å². The van der Waals surface area contributed by atoms with Gasteiger partial charge in [-0.15, -0.1) is 11.3 Å². The summed E-state index contributed by atoms with van der Waals surface area (Å²) in [5.74, 6) is 0.986. The molecule has 2 aromatic rings. The number of para-hydroxylation sites is 1. The van der Waals surface area contributed by atoms with Gasteiger partial charge in [-0.05, 0) is 47.0 Å². The lowest BCUT2D eigenvalue weighted by molar-refractivity contribution is 0.305. The second-order valence-electron chi connectivity index (χ2n) is 4.76. The maximum Gasteiger partial charge on any atom is 0.124 e. The molecule has 100 valence electrons. The van der Waals surface area contributed by atoms with E-state index in [-0.39, 0.29) is 0 Å². The number of benzene rings is 1. The molecule has 0 spiro atoms. The van der Waals surface area contributed by atoms with E-state index in [9.17, 15) is 0 Å². The van der Waals surface area contributed by atoms with Crippen molar-refractivity contribution >= 4 is 27.3 Å². The van der Waals surface area contributed by atoms with Crippen LogP contribution in [0.1, 0.15) is 23.3 Å². The van der Waals surface area contributed by atoms with E-state index in [2.05, 4.69) is 45.5 Å². The Balaban J connectivity index is 1.62. The van der Waals surface area contributed by atoms with Crippen molar-refractivity contribution < 1.29 is 4.74 Å². The third-order valence-electron chi connectivity index (χ3n) is 3.13. The molecular weight excluding hydrogens is 322 g/mol. The van der Waals surface area contributed by atoms with Crippen LogP contribution in [0.2, 0.25) is 0 Å². The van der Waals surface area contributed by atoms with Crippen molar-refractivity contribution in [3.05, 3.63) is 50.6 Å². The van der Waals surface area contributed by atoms with Gasteiger partial charge < -0.3 is 10.1 Å². The first-order valence-electron chi connectivity index (χ1n) is 6.49. The van der Waals surface area contributed by atoms with Gasteiger partial charge in [0.2, 0.25) is 0 Å². The van der Waals surface area contributed by atoms with E-state index >= 15 is 0 Å². The third-order valence-corrected chi connectivity index (χ3v) is 4.73. The van der Waals surface area contributed by atoms with E-state index in [4.69, 9.17) is 4.74 Å². The van der Waals surface area contributed by atoms with Crippen molar-refractivity contribution in [1.29, 1.82) is 0 Å². The van der Waals surface area contributed by atoms with Gasteiger partial charge in [0.25, 0.3) is 0 Å². The fraction of sp³-hybridized carbons (Fsp3) is 0.333. The largest absolute Gasteiger partial charge is 0.488 e. The van der Waals surface area contributed by atoms with Crippen molar-refractivity contribution in [3.63, 3.8) is 0 Å². The molecule has 1 saturated carbocycles. The normalized spacial score (nSPS) is 14.6. The van der Waals surface area contributed by atoms with Crippen LogP contribution in [0.3, 0.4) is 0 Å². The fourth-order valence-electron chi connectivity index (χ4n) is 1.91. The van der Waals surface area contributed by atoms with Crippen LogP contribution in [0.25, 0.3) is 0 Å². The number of rotatable bonds is 6. The van der Waals surface area contributed by atoms with Gasteiger partial charge in [-0.25, -0.2) is 0 Å². The van der Waals surface area contributed by atoms with Crippen LogP contribution in [-0.2, 0) is 13.2 Å². The predicted molar refractivity (Wildman–Crippen MR) is 82.7 cm³/mol. The van der Waals surface area contributed by atoms with Crippen molar-refractivity contribution in [2.24, 2.45) is 0 Å². The quantitative estimate of drug-likeness (QED) is 0.846. The molecule has 1 heterocycles. The van der Waals surface area contributed by atoms with Gasteiger partial charge in [-0.1, -0.05) is 18.2 Å². The molecule has 0 radical (unpaired) electrons. The lowest BCUT2D eigenvalue weighted by Gasteiger charge is -2.11. The van der Waals surface area contributed by atoms with Crippen molar-refractivity contribution in [1.82, 2.24) is 5.32 Å². The lowest BCUT2D eigenvalue weighted by Crippen LogP contribution is -2.15. The summed E-state index contributed by atoms with van der Waals surface area (Å²) in [6.07, 6.45) is 2.62. The summed E-state index contributed by atoms with van der Waals surface area (Å²) in [7, 11) is 0. The Labute approximate surface area is 125 Å². The van der Waals surface area contributed by atoms with Gasteiger partial charge in [0, 0.05) is 23.0 Å². The maximum absolute atomic E-state index is 5.94. The number of hydrogen-bond donors (Lipinski definition) is 1. The molecule has 19 heavy (non-hydrogen) atoms. The second kappa shape index (κ2) is 6.07.